The van der Waals surface area contributed by atoms with Gasteiger partial charge in [0.1, 0.15) is 6.04 Å². The van der Waals surface area contributed by atoms with Gasteiger partial charge in [-0.3, -0.25) is 9.59 Å². The van der Waals surface area contributed by atoms with Gasteiger partial charge in [0.05, 0.1) is 11.8 Å². The highest BCUT2D eigenvalue weighted by molar-refractivity contribution is 8.00. The third kappa shape index (κ3) is 5.40. The van der Waals surface area contributed by atoms with Gasteiger partial charge in [-0.1, -0.05) is 29.8 Å². The van der Waals surface area contributed by atoms with E-state index in [1.807, 2.05) is 25.1 Å². The van der Waals surface area contributed by atoms with Crippen molar-refractivity contribution in [2.24, 2.45) is 5.73 Å². The number of halogens is 1. The fourth-order valence-corrected chi connectivity index (χ4v) is 2.62. The van der Waals surface area contributed by atoms with Crippen LogP contribution in [0.3, 0.4) is 0 Å². The Hall–Kier alpha value is -1.24. The van der Waals surface area contributed by atoms with E-state index in [-0.39, 0.29) is 23.5 Å². The van der Waals surface area contributed by atoms with E-state index in [9.17, 15) is 9.59 Å². The molecule has 0 radical (unpaired) electrons. The van der Waals surface area contributed by atoms with Gasteiger partial charge in [0.25, 0.3) is 0 Å². The predicted molar refractivity (Wildman–Crippen MR) is 80.9 cm³/mol. The maximum Gasteiger partial charge on any atom is 0.321 e. The molecule has 1 amide bonds. The maximum atomic E-state index is 11.7. The van der Waals surface area contributed by atoms with E-state index >= 15 is 0 Å². The van der Waals surface area contributed by atoms with Crippen LogP contribution in [0.5, 0.6) is 0 Å². The minimum Gasteiger partial charge on any atom is -0.480 e. The van der Waals surface area contributed by atoms with Crippen molar-refractivity contribution >= 4 is 35.2 Å². The van der Waals surface area contributed by atoms with Gasteiger partial charge in [0, 0.05) is 10.8 Å². The minimum absolute atomic E-state index is 0.162. The second kappa shape index (κ2) is 8.14. The van der Waals surface area contributed by atoms with Gasteiger partial charge in [0.15, 0.2) is 0 Å². The Bertz CT molecular complexity index is 484. The van der Waals surface area contributed by atoms with Crippen LogP contribution in [0.2, 0.25) is 5.02 Å². The Balaban J connectivity index is 2.39. The first-order valence-corrected chi connectivity index (χ1v) is 7.55. The van der Waals surface area contributed by atoms with Crippen molar-refractivity contribution in [3.05, 3.63) is 34.9 Å². The van der Waals surface area contributed by atoms with Crippen molar-refractivity contribution in [3.8, 4) is 0 Å². The highest BCUT2D eigenvalue weighted by atomic mass is 35.5. The number of hydrogen-bond donors (Lipinski definition) is 3. The lowest BCUT2D eigenvalue weighted by Crippen LogP contribution is -2.34. The summed E-state index contributed by atoms with van der Waals surface area (Å²) >= 11 is 7.23. The van der Waals surface area contributed by atoms with E-state index in [1.165, 1.54) is 11.8 Å². The number of nitrogens with one attached hydrogen (secondary N) is 1. The Labute approximate surface area is 126 Å². The number of carbonyl (C=O) groups excluding carboxylic acids is 1. The first kappa shape index (κ1) is 16.8. The highest BCUT2D eigenvalue weighted by Gasteiger charge is 2.14. The molecule has 0 fully saturated rings. The number of carboxylic acids is 1. The summed E-state index contributed by atoms with van der Waals surface area (Å²) in [6, 6.07) is 6.13. The average Bonchev–Trinajstić information content (AvgIpc) is 2.38. The number of hydrogen-bond acceptors (Lipinski definition) is 4. The molecule has 2 unspecified atom stereocenters. The van der Waals surface area contributed by atoms with Gasteiger partial charge >= 0.3 is 5.97 Å². The number of carboxylic acid groups (broad SMARTS) is 1. The van der Waals surface area contributed by atoms with Gasteiger partial charge < -0.3 is 16.2 Å². The number of thioether (sulfide) groups is 1. The van der Waals surface area contributed by atoms with Crippen LogP contribution < -0.4 is 11.1 Å². The quantitative estimate of drug-likeness (QED) is 0.711. The van der Waals surface area contributed by atoms with E-state index in [1.54, 1.807) is 6.07 Å². The summed E-state index contributed by atoms with van der Waals surface area (Å²) in [4.78, 5) is 22.2. The highest BCUT2D eigenvalue weighted by Crippen LogP contribution is 2.22. The standard InChI is InChI=1S/C13H17ClN2O3S/c1-8(9-4-2-3-5-10(9)14)16-12(17)7-20-6-11(15)13(18)19/h2-5,8,11H,6-7,15H2,1H3,(H,16,17)(H,18,19). The van der Waals surface area contributed by atoms with E-state index in [2.05, 4.69) is 5.32 Å². The fourth-order valence-electron chi connectivity index (χ4n) is 1.54. The summed E-state index contributed by atoms with van der Waals surface area (Å²) in [7, 11) is 0. The van der Waals surface area contributed by atoms with Crippen LogP contribution in [0.4, 0.5) is 0 Å². The van der Waals surface area contributed by atoms with Gasteiger partial charge in [0.2, 0.25) is 5.91 Å². The zero-order valence-corrected chi connectivity index (χ0v) is 12.6. The van der Waals surface area contributed by atoms with Crippen molar-refractivity contribution in [3.63, 3.8) is 0 Å². The van der Waals surface area contributed by atoms with Crippen molar-refractivity contribution in [1.82, 2.24) is 5.32 Å². The van der Waals surface area contributed by atoms with Crippen molar-refractivity contribution in [2.45, 2.75) is 19.0 Å². The summed E-state index contributed by atoms with van der Waals surface area (Å²) < 4.78 is 0. The summed E-state index contributed by atoms with van der Waals surface area (Å²) in [6.45, 7) is 1.84. The number of aliphatic carboxylic acids is 1. The van der Waals surface area contributed by atoms with Crippen molar-refractivity contribution in [2.75, 3.05) is 11.5 Å². The van der Waals surface area contributed by atoms with E-state index in [0.29, 0.717) is 5.02 Å². The monoisotopic (exact) mass is 316 g/mol. The largest absolute Gasteiger partial charge is 0.480 e. The Kier molecular flexibility index (Phi) is 6.84. The molecule has 5 nitrogen and oxygen atoms in total. The lowest BCUT2D eigenvalue weighted by Gasteiger charge is -2.15. The number of rotatable bonds is 7. The molecular weight excluding hydrogens is 300 g/mol. The van der Waals surface area contributed by atoms with Gasteiger partial charge in [-0.25, -0.2) is 0 Å². The lowest BCUT2D eigenvalue weighted by molar-refractivity contribution is -0.138. The molecule has 1 aromatic rings. The van der Waals surface area contributed by atoms with E-state index in [4.69, 9.17) is 22.4 Å². The van der Waals surface area contributed by atoms with E-state index < -0.39 is 12.0 Å². The molecule has 20 heavy (non-hydrogen) atoms. The topological polar surface area (TPSA) is 92.4 Å². The lowest BCUT2D eigenvalue weighted by atomic mass is 10.1. The number of amides is 1. The molecule has 0 heterocycles. The summed E-state index contributed by atoms with van der Waals surface area (Å²) in [5.41, 5.74) is 6.19. The molecule has 0 saturated heterocycles. The molecule has 0 aliphatic rings. The Morgan fingerprint density at radius 2 is 2.10 bits per heavy atom. The van der Waals surface area contributed by atoms with Crippen molar-refractivity contribution < 1.29 is 14.7 Å². The molecule has 0 spiro atoms. The SMILES string of the molecule is CC(NC(=O)CSCC(N)C(=O)O)c1ccccc1Cl. The predicted octanol–water partition coefficient (Wildman–Crippen LogP) is 1.66. The molecule has 0 aliphatic heterocycles. The van der Waals surface area contributed by atoms with E-state index in [0.717, 1.165) is 5.56 Å². The molecule has 0 aromatic heterocycles. The number of benzene rings is 1. The molecule has 0 bridgehead atoms. The van der Waals surface area contributed by atoms with Gasteiger partial charge in [-0.05, 0) is 18.6 Å². The maximum absolute atomic E-state index is 11.7. The van der Waals surface area contributed by atoms with Crippen LogP contribution in [0.15, 0.2) is 24.3 Å². The van der Waals surface area contributed by atoms with Crippen LogP contribution in [0.25, 0.3) is 0 Å². The number of nitrogens with two attached hydrogens (primary N) is 1. The first-order chi connectivity index (χ1) is 9.41. The second-order valence-electron chi connectivity index (χ2n) is 4.27. The third-order valence-electron chi connectivity index (χ3n) is 2.60. The normalized spacial score (nSPS) is 13.6. The summed E-state index contributed by atoms with van der Waals surface area (Å²) in [6.07, 6.45) is 0. The fraction of sp³-hybridized carbons (Fsp3) is 0.385. The van der Waals surface area contributed by atoms with Crippen molar-refractivity contribution in [1.29, 1.82) is 0 Å². The molecule has 4 N–H and O–H groups in total. The Morgan fingerprint density at radius 1 is 1.45 bits per heavy atom. The Morgan fingerprint density at radius 3 is 2.70 bits per heavy atom. The third-order valence-corrected chi connectivity index (χ3v) is 4.00. The van der Waals surface area contributed by atoms with Crippen LogP contribution in [-0.2, 0) is 9.59 Å². The molecule has 1 rings (SSSR count). The van der Waals surface area contributed by atoms with Crippen LogP contribution in [-0.4, -0.2) is 34.5 Å². The first-order valence-electron chi connectivity index (χ1n) is 6.01. The summed E-state index contributed by atoms with van der Waals surface area (Å²) in [5.74, 6) is -0.888. The zero-order chi connectivity index (χ0) is 15.1. The molecule has 110 valence electrons. The number of carbonyl (C=O) groups is 2. The van der Waals surface area contributed by atoms with Crippen LogP contribution in [0.1, 0.15) is 18.5 Å². The molecule has 7 heteroatoms. The minimum atomic E-state index is -1.07. The van der Waals surface area contributed by atoms with Gasteiger partial charge in [-0.15, -0.1) is 11.8 Å². The molecular formula is C13H17ClN2O3S. The zero-order valence-electron chi connectivity index (χ0n) is 11.0. The molecule has 0 aliphatic carbocycles. The van der Waals surface area contributed by atoms with Gasteiger partial charge in [-0.2, -0.15) is 0 Å². The molecule has 2 atom stereocenters. The second-order valence-corrected chi connectivity index (χ2v) is 5.71. The average molecular weight is 317 g/mol. The molecule has 1 aromatic carbocycles. The van der Waals surface area contributed by atoms with Crippen LogP contribution >= 0.6 is 23.4 Å². The summed E-state index contributed by atoms with van der Waals surface area (Å²) in [5, 5.41) is 12.0. The molecule has 0 saturated carbocycles. The smallest absolute Gasteiger partial charge is 0.321 e. The van der Waals surface area contributed by atoms with Crippen LogP contribution in [0, 0.1) is 0 Å².